The molecule has 0 saturated carbocycles. The smallest absolute Gasteiger partial charge is 0.253 e. The topological polar surface area (TPSA) is 58.8 Å². The maximum atomic E-state index is 12.9. The highest BCUT2D eigenvalue weighted by Crippen LogP contribution is 2.19. The van der Waals surface area contributed by atoms with Crippen molar-refractivity contribution in [3.8, 4) is 11.3 Å². The molecule has 1 amide bonds. The Morgan fingerprint density at radius 3 is 2.68 bits per heavy atom. The average molecular weight is 420 g/mol. The molecule has 0 N–H and O–H groups in total. The minimum atomic E-state index is 0.0476. The summed E-state index contributed by atoms with van der Waals surface area (Å²) in [7, 11) is 1.85. The molecule has 0 radical (unpaired) electrons. The molecule has 6 nitrogen and oxygen atoms in total. The number of benzene rings is 2. The zero-order valence-electron chi connectivity index (χ0n) is 18.0. The number of rotatable bonds is 8. The van der Waals surface area contributed by atoms with Gasteiger partial charge in [-0.3, -0.25) is 9.69 Å². The Bertz CT molecular complexity index is 980. The van der Waals surface area contributed by atoms with E-state index >= 15 is 0 Å². The van der Waals surface area contributed by atoms with E-state index in [9.17, 15) is 4.79 Å². The van der Waals surface area contributed by atoms with Crippen LogP contribution < -0.4 is 0 Å². The van der Waals surface area contributed by atoms with Gasteiger partial charge in [0.2, 0.25) is 0 Å². The third-order valence-corrected chi connectivity index (χ3v) is 5.58. The zero-order chi connectivity index (χ0) is 21.5. The lowest BCUT2D eigenvalue weighted by atomic mass is 10.1. The van der Waals surface area contributed by atoms with Crippen LogP contribution in [0, 0.1) is 0 Å². The first-order chi connectivity index (χ1) is 15.2. The molecule has 0 aliphatic carbocycles. The number of carbonyl (C=O) groups excluding carboxylic acids is 1. The molecule has 3 aromatic rings. The molecule has 1 aromatic heterocycles. The van der Waals surface area contributed by atoms with E-state index in [2.05, 4.69) is 16.1 Å². The number of ether oxygens (including phenoxy) is 1. The number of hydrogen-bond donors (Lipinski definition) is 0. The van der Waals surface area contributed by atoms with E-state index in [0.717, 1.165) is 73.8 Å². The predicted molar refractivity (Wildman–Crippen MR) is 120 cm³/mol. The molecule has 0 bridgehead atoms. The van der Waals surface area contributed by atoms with Gasteiger partial charge < -0.3 is 14.2 Å². The van der Waals surface area contributed by atoms with E-state index in [1.54, 1.807) is 4.90 Å². The van der Waals surface area contributed by atoms with Gasteiger partial charge in [-0.1, -0.05) is 47.6 Å². The number of morpholine rings is 1. The molecule has 6 heteroatoms. The van der Waals surface area contributed by atoms with E-state index in [1.807, 2.05) is 61.6 Å². The van der Waals surface area contributed by atoms with E-state index in [1.165, 1.54) is 0 Å². The maximum absolute atomic E-state index is 12.9. The van der Waals surface area contributed by atoms with Crippen LogP contribution in [0.3, 0.4) is 0 Å². The van der Waals surface area contributed by atoms with Crippen molar-refractivity contribution >= 4 is 5.91 Å². The Hall–Kier alpha value is -2.96. The summed E-state index contributed by atoms with van der Waals surface area (Å²) >= 11 is 0. The summed E-state index contributed by atoms with van der Waals surface area (Å²) in [6.07, 6.45) is 1.56. The summed E-state index contributed by atoms with van der Waals surface area (Å²) in [5, 5.41) is 4.16. The van der Waals surface area contributed by atoms with Crippen LogP contribution in [0.15, 0.2) is 65.2 Å². The lowest BCUT2D eigenvalue weighted by molar-refractivity contribution is 0.0341. The molecular weight excluding hydrogens is 390 g/mol. The summed E-state index contributed by atoms with van der Waals surface area (Å²) in [5.41, 5.74) is 3.79. The minimum absolute atomic E-state index is 0.0476. The molecule has 162 valence electrons. The van der Waals surface area contributed by atoms with Crippen LogP contribution in [0.4, 0.5) is 0 Å². The standard InChI is InChI=1S/C25H29N3O3/c1-27(12-6-11-23-18-24(26-31-23)21-8-3-2-4-9-21)25(29)22-10-5-7-20(17-22)19-28-13-15-30-16-14-28/h2-5,7-10,17-18H,6,11-16,19H2,1H3. The zero-order valence-corrected chi connectivity index (χ0v) is 18.0. The highest BCUT2D eigenvalue weighted by molar-refractivity contribution is 5.94. The lowest BCUT2D eigenvalue weighted by Gasteiger charge is -2.26. The molecule has 31 heavy (non-hydrogen) atoms. The molecule has 1 fully saturated rings. The third kappa shape index (κ3) is 5.81. The van der Waals surface area contributed by atoms with Gasteiger partial charge in [-0.25, -0.2) is 0 Å². The predicted octanol–water partition coefficient (Wildman–Crippen LogP) is 3.88. The lowest BCUT2D eigenvalue weighted by Crippen LogP contribution is -2.35. The van der Waals surface area contributed by atoms with Crippen molar-refractivity contribution in [3.05, 3.63) is 77.6 Å². The average Bonchev–Trinajstić information content (AvgIpc) is 3.29. The molecule has 0 spiro atoms. The third-order valence-electron chi connectivity index (χ3n) is 5.58. The fourth-order valence-electron chi connectivity index (χ4n) is 3.81. The fourth-order valence-corrected chi connectivity index (χ4v) is 3.81. The number of amides is 1. The van der Waals surface area contributed by atoms with Crippen LogP contribution in [0.5, 0.6) is 0 Å². The molecule has 1 saturated heterocycles. The molecule has 2 aromatic carbocycles. The van der Waals surface area contributed by atoms with Crippen LogP contribution >= 0.6 is 0 Å². The monoisotopic (exact) mass is 419 g/mol. The highest BCUT2D eigenvalue weighted by atomic mass is 16.5. The maximum Gasteiger partial charge on any atom is 0.253 e. The van der Waals surface area contributed by atoms with Gasteiger partial charge in [-0.05, 0) is 24.1 Å². The van der Waals surface area contributed by atoms with Gasteiger partial charge in [0.05, 0.1) is 13.2 Å². The van der Waals surface area contributed by atoms with Gasteiger partial charge in [0.25, 0.3) is 5.91 Å². The number of nitrogens with zero attached hydrogens (tertiary/aromatic N) is 3. The largest absolute Gasteiger partial charge is 0.379 e. The van der Waals surface area contributed by atoms with Gasteiger partial charge in [-0.15, -0.1) is 0 Å². The van der Waals surface area contributed by atoms with Gasteiger partial charge in [0.15, 0.2) is 0 Å². The summed E-state index contributed by atoms with van der Waals surface area (Å²) in [4.78, 5) is 17.0. The first-order valence-electron chi connectivity index (χ1n) is 10.8. The van der Waals surface area contributed by atoms with Crippen LogP contribution in [0.2, 0.25) is 0 Å². The Balaban J connectivity index is 1.28. The van der Waals surface area contributed by atoms with E-state index in [0.29, 0.717) is 6.54 Å². The number of carbonyl (C=O) groups is 1. The molecule has 1 aliphatic heterocycles. The van der Waals surface area contributed by atoms with Gasteiger partial charge >= 0.3 is 0 Å². The highest BCUT2D eigenvalue weighted by Gasteiger charge is 2.15. The van der Waals surface area contributed by atoms with Gasteiger partial charge in [0.1, 0.15) is 11.5 Å². The van der Waals surface area contributed by atoms with E-state index in [-0.39, 0.29) is 5.91 Å². The molecule has 4 rings (SSSR count). The Labute approximate surface area is 183 Å². The minimum Gasteiger partial charge on any atom is -0.379 e. The van der Waals surface area contributed by atoms with Crippen molar-refractivity contribution in [2.45, 2.75) is 19.4 Å². The normalized spacial score (nSPS) is 14.5. The molecule has 0 atom stereocenters. The van der Waals surface area contributed by atoms with Crippen LogP contribution in [0.25, 0.3) is 11.3 Å². The second kappa shape index (κ2) is 10.4. The van der Waals surface area contributed by atoms with Crippen LogP contribution in [-0.2, 0) is 17.7 Å². The van der Waals surface area contributed by atoms with Crippen molar-refractivity contribution in [3.63, 3.8) is 0 Å². The Kier molecular flexibility index (Phi) is 7.12. The summed E-state index contributed by atoms with van der Waals surface area (Å²) in [6.45, 7) is 4.94. The van der Waals surface area contributed by atoms with Crippen molar-refractivity contribution in [2.75, 3.05) is 39.9 Å². The quantitative estimate of drug-likeness (QED) is 0.555. The molecule has 0 unspecified atom stereocenters. The van der Waals surface area contributed by atoms with Crippen LogP contribution in [0.1, 0.15) is 28.1 Å². The number of aromatic nitrogens is 1. The SMILES string of the molecule is CN(CCCc1cc(-c2ccccc2)no1)C(=O)c1cccc(CN2CCOCC2)c1. The summed E-state index contributed by atoms with van der Waals surface area (Å²) < 4.78 is 10.9. The Morgan fingerprint density at radius 1 is 1.06 bits per heavy atom. The Morgan fingerprint density at radius 2 is 1.87 bits per heavy atom. The van der Waals surface area contributed by atoms with E-state index < -0.39 is 0 Å². The van der Waals surface area contributed by atoms with E-state index in [4.69, 9.17) is 9.26 Å². The summed E-state index contributed by atoms with van der Waals surface area (Å²) in [5.74, 6) is 0.888. The summed E-state index contributed by atoms with van der Waals surface area (Å²) in [6, 6.07) is 19.9. The second-order valence-corrected chi connectivity index (χ2v) is 7.96. The molecular formula is C25H29N3O3. The van der Waals surface area contributed by atoms with Crippen LogP contribution in [-0.4, -0.2) is 60.8 Å². The molecule has 1 aliphatic rings. The van der Waals surface area contributed by atoms with Crippen molar-refractivity contribution in [1.29, 1.82) is 0 Å². The molecule has 2 heterocycles. The first-order valence-corrected chi connectivity index (χ1v) is 10.8. The van der Waals surface area contributed by atoms with Gasteiger partial charge in [-0.2, -0.15) is 0 Å². The number of hydrogen-bond acceptors (Lipinski definition) is 5. The first kappa shape index (κ1) is 21.3. The van der Waals surface area contributed by atoms with Crippen molar-refractivity contribution in [2.24, 2.45) is 0 Å². The van der Waals surface area contributed by atoms with Gasteiger partial charge in [0, 0.05) is 56.8 Å². The number of aryl methyl sites for hydroxylation is 1. The fraction of sp³-hybridized carbons (Fsp3) is 0.360. The van der Waals surface area contributed by atoms with Crippen molar-refractivity contribution < 1.29 is 14.1 Å². The van der Waals surface area contributed by atoms with Crippen molar-refractivity contribution in [1.82, 2.24) is 15.0 Å². The second-order valence-electron chi connectivity index (χ2n) is 7.96.